The number of hydrogen-bond acceptors (Lipinski definition) is 3. The molecule has 1 aromatic carbocycles. The Bertz CT molecular complexity index is 679. The third-order valence-corrected chi connectivity index (χ3v) is 5.84. The van der Waals surface area contributed by atoms with Crippen LogP contribution in [0.25, 0.3) is 0 Å². The average molecular weight is 394 g/mol. The fourth-order valence-corrected chi connectivity index (χ4v) is 4.20. The second-order valence-electron chi connectivity index (χ2n) is 8.22. The molecule has 7 heteroatoms. The van der Waals surface area contributed by atoms with E-state index in [1.165, 1.54) is 31.5 Å². The van der Waals surface area contributed by atoms with Crippen molar-refractivity contribution >= 4 is 11.6 Å². The van der Waals surface area contributed by atoms with E-state index in [4.69, 9.17) is 0 Å². The van der Waals surface area contributed by atoms with E-state index in [2.05, 4.69) is 34.4 Å². The Labute approximate surface area is 167 Å². The molecule has 1 aromatic rings. The lowest BCUT2D eigenvalue weighted by molar-refractivity contribution is 0.141. The Morgan fingerprint density at radius 3 is 2.75 bits per heavy atom. The first-order chi connectivity index (χ1) is 13.5. The lowest BCUT2D eigenvalue weighted by Crippen LogP contribution is -2.48. The Balaban J connectivity index is 1.47. The van der Waals surface area contributed by atoms with Gasteiger partial charge in [0.25, 0.3) is 0 Å². The van der Waals surface area contributed by atoms with Crippen LogP contribution in [0, 0.1) is 17.6 Å². The summed E-state index contributed by atoms with van der Waals surface area (Å²) < 4.78 is 27.2. The third kappa shape index (κ3) is 5.34. The number of nitrogens with one attached hydrogen (secondary N) is 2. The van der Waals surface area contributed by atoms with Crippen LogP contribution in [0.5, 0.6) is 0 Å². The zero-order valence-corrected chi connectivity index (χ0v) is 17.2. The highest BCUT2D eigenvalue weighted by atomic mass is 19.1. The molecule has 28 heavy (non-hydrogen) atoms. The molecule has 5 nitrogen and oxygen atoms in total. The molecule has 2 N–H and O–H groups in total. The molecule has 0 saturated carbocycles. The Kier molecular flexibility index (Phi) is 7.10. The minimum Gasteiger partial charge on any atom is -0.367 e. The lowest BCUT2D eigenvalue weighted by atomic mass is 9.97. The minimum atomic E-state index is -0.543. The fraction of sp³-hybridized carbons (Fsp3) is 0.667. The van der Waals surface area contributed by atoms with Crippen molar-refractivity contribution in [2.45, 2.75) is 45.2 Å². The number of anilines is 1. The number of benzene rings is 1. The predicted octanol–water partition coefficient (Wildman–Crippen LogP) is 2.83. The summed E-state index contributed by atoms with van der Waals surface area (Å²) in [5.74, 6) is 0.379. The van der Waals surface area contributed by atoms with Gasteiger partial charge in [0.2, 0.25) is 0 Å². The molecular weight excluding hydrogens is 360 g/mol. The molecule has 0 amide bonds. The van der Waals surface area contributed by atoms with Crippen molar-refractivity contribution in [1.29, 1.82) is 0 Å². The van der Waals surface area contributed by atoms with Gasteiger partial charge < -0.3 is 20.4 Å². The van der Waals surface area contributed by atoms with Crippen molar-refractivity contribution in [2.24, 2.45) is 10.9 Å². The summed E-state index contributed by atoms with van der Waals surface area (Å²) in [5, 5.41) is 6.93. The van der Waals surface area contributed by atoms with Gasteiger partial charge in [0.1, 0.15) is 11.6 Å². The van der Waals surface area contributed by atoms with E-state index in [-0.39, 0.29) is 6.04 Å². The molecule has 2 heterocycles. The Hall–Kier alpha value is -1.89. The molecule has 156 valence electrons. The quantitative estimate of drug-likeness (QED) is 0.596. The van der Waals surface area contributed by atoms with Gasteiger partial charge >= 0.3 is 0 Å². The second-order valence-corrected chi connectivity index (χ2v) is 8.22. The Morgan fingerprint density at radius 2 is 2.04 bits per heavy atom. The van der Waals surface area contributed by atoms with Crippen LogP contribution >= 0.6 is 0 Å². The first kappa shape index (κ1) is 20.8. The highest BCUT2D eigenvalue weighted by Crippen LogP contribution is 2.24. The maximum atomic E-state index is 14.0. The summed E-state index contributed by atoms with van der Waals surface area (Å²) >= 11 is 0. The number of hydrogen-bond donors (Lipinski definition) is 2. The Morgan fingerprint density at radius 1 is 1.21 bits per heavy atom. The number of nitrogens with zero attached hydrogens (tertiary/aromatic N) is 3. The molecule has 0 aromatic heterocycles. The van der Waals surface area contributed by atoms with E-state index >= 15 is 0 Å². The summed E-state index contributed by atoms with van der Waals surface area (Å²) in [6.07, 6.45) is 3.38. The molecule has 2 saturated heterocycles. The van der Waals surface area contributed by atoms with E-state index in [0.29, 0.717) is 24.2 Å². The standard InChI is InChI=1S/C21H33F2N5/c1-15(2)27-9-4-5-16(13-27)12-25-21(24-3)26-18-8-10-28(14-18)20-7-6-17(22)11-19(20)23/h6-7,11,15-16,18H,4-5,8-10,12-14H2,1-3H3,(H2,24,25,26). The van der Waals surface area contributed by atoms with Gasteiger partial charge in [0, 0.05) is 51.4 Å². The number of halogens is 2. The highest BCUT2D eigenvalue weighted by Gasteiger charge is 2.26. The van der Waals surface area contributed by atoms with Crippen LogP contribution in [-0.2, 0) is 0 Å². The molecule has 0 spiro atoms. The monoisotopic (exact) mass is 393 g/mol. The van der Waals surface area contributed by atoms with E-state index in [1.54, 1.807) is 7.05 Å². The van der Waals surface area contributed by atoms with Crippen molar-refractivity contribution in [1.82, 2.24) is 15.5 Å². The van der Waals surface area contributed by atoms with Crippen molar-refractivity contribution in [2.75, 3.05) is 44.7 Å². The zero-order chi connectivity index (χ0) is 20.1. The normalized spacial score (nSPS) is 24.1. The number of piperidine rings is 1. The fourth-order valence-electron chi connectivity index (χ4n) is 4.20. The molecule has 0 aliphatic carbocycles. The van der Waals surface area contributed by atoms with Crippen LogP contribution < -0.4 is 15.5 Å². The van der Waals surface area contributed by atoms with Gasteiger partial charge in [-0.15, -0.1) is 0 Å². The molecule has 3 rings (SSSR count). The average Bonchev–Trinajstić information content (AvgIpc) is 3.13. The number of aliphatic imine (C=N–C) groups is 1. The van der Waals surface area contributed by atoms with Crippen LogP contribution in [0.2, 0.25) is 0 Å². The first-order valence-corrected chi connectivity index (χ1v) is 10.4. The number of guanidine groups is 1. The molecule has 2 aliphatic rings. The lowest BCUT2D eigenvalue weighted by Gasteiger charge is -2.35. The van der Waals surface area contributed by atoms with Crippen LogP contribution in [-0.4, -0.2) is 62.7 Å². The van der Waals surface area contributed by atoms with E-state index < -0.39 is 11.6 Å². The molecule has 2 aliphatic heterocycles. The van der Waals surface area contributed by atoms with Gasteiger partial charge in [-0.25, -0.2) is 8.78 Å². The largest absolute Gasteiger partial charge is 0.367 e. The van der Waals surface area contributed by atoms with Crippen LogP contribution in [0.4, 0.5) is 14.5 Å². The van der Waals surface area contributed by atoms with Gasteiger partial charge in [-0.2, -0.15) is 0 Å². The van der Waals surface area contributed by atoms with Crippen LogP contribution in [0.3, 0.4) is 0 Å². The van der Waals surface area contributed by atoms with E-state index in [0.717, 1.165) is 38.1 Å². The van der Waals surface area contributed by atoms with E-state index in [1.807, 2.05) is 4.90 Å². The zero-order valence-electron chi connectivity index (χ0n) is 17.2. The summed E-state index contributed by atoms with van der Waals surface area (Å²) in [4.78, 5) is 8.86. The van der Waals surface area contributed by atoms with Crippen molar-refractivity contribution in [3.05, 3.63) is 29.8 Å². The van der Waals surface area contributed by atoms with Gasteiger partial charge in [-0.1, -0.05) is 0 Å². The van der Waals surface area contributed by atoms with Gasteiger partial charge in [-0.3, -0.25) is 4.99 Å². The van der Waals surface area contributed by atoms with Gasteiger partial charge in [-0.05, 0) is 57.7 Å². The molecular formula is C21H33F2N5. The van der Waals surface area contributed by atoms with Gasteiger partial charge in [0.15, 0.2) is 5.96 Å². The van der Waals surface area contributed by atoms with Crippen molar-refractivity contribution < 1.29 is 8.78 Å². The molecule has 2 fully saturated rings. The SMILES string of the molecule is CN=C(NCC1CCCN(C(C)C)C1)NC1CCN(c2ccc(F)cc2F)C1. The van der Waals surface area contributed by atoms with E-state index in [9.17, 15) is 8.78 Å². The van der Waals surface area contributed by atoms with Crippen molar-refractivity contribution in [3.63, 3.8) is 0 Å². The molecule has 2 unspecified atom stereocenters. The summed E-state index contributed by atoms with van der Waals surface area (Å²) in [7, 11) is 1.78. The number of likely N-dealkylation sites (tertiary alicyclic amines) is 1. The minimum absolute atomic E-state index is 0.189. The van der Waals surface area contributed by atoms with Crippen LogP contribution in [0.15, 0.2) is 23.2 Å². The number of rotatable bonds is 5. The maximum Gasteiger partial charge on any atom is 0.191 e. The molecule has 0 bridgehead atoms. The highest BCUT2D eigenvalue weighted by molar-refractivity contribution is 5.80. The van der Waals surface area contributed by atoms with Crippen LogP contribution in [0.1, 0.15) is 33.1 Å². The molecule has 2 atom stereocenters. The maximum absolute atomic E-state index is 14.0. The summed E-state index contributed by atoms with van der Waals surface area (Å²) in [6.45, 7) is 9.16. The summed E-state index contributed by atoms with van der Waals surface area (Å²) in [6, 6.07) is 4.56. The first-order valence-electron chi connectivity index (χ1n) is 10.4. The second kappa shape index (κ2) is 9.54. The summed E-state index contributed by atoms with van der Waals surface area (Å²) in [5.41, 5.74) is 0.463. The topological polar surface area (TPSA) is 42.9 Å². The predicted molar refractivity (Wildman–Crippen MR) is 111 cm³/mol. The molecule has 0 radical (unpaired) electrons. The van der Waals surface area contributed by atoms with Crippen molar-refractivity contribution in [3.8, 4) is 0 Å². The third-order valence-electron chi connectivity index (χ3n) is 5.84. The van der Waals surface area contributed by atoms with Gasteiger partial charge in [0.05, 0.1) is 5.69 Å². The smallest absolute Gasteiger partial charge is 0.191 e.